The van der Waals surface area contributed by atoms with Crippen molar-refractivity contribution in [2.75, 3.05) is 18.5 Å². The van der Waals surface area contributed by atoms with Gasteiger partial charge in [-0.2, -0.15) is 0 Å². The fourth-order valence-corrected chi connectivity index (χ4v) is 4.45. The van der Waals surface area contributed by atoms with E-state index in [1.54, 1.807) is 11.3 Å². The van der Waals surface area contributed by atoms with E-state index < -0.39 is 0 Å². The number of anilines is 1. The zero-order valence-electron chi connectivity index (χ0n) is 16.4. The monoisotopic (exact) mass is 399 g/mol. The largest absolute Gasteiger partial charge is 0.486 e. The summed E-state index contributed by atoms with van der Waals surface area (Å²) in [6, 6.07) is 5.73. The molecule has 0 fully saturated rings. The number of hydrogen-bond acceptors (Lipinski definition) is 6. The molecule has 0 spiro atoms. The third-order valence-electron chi connectivity index (χ3n) is 5.16. The quantitative estimate of drug-likeness (QED) is 0.647. The van der Waals surface area contributed by atoms with Gasteiger partial charge in [0, 0.05) is 16.6 Å². The van der Waals surface area contributed by atoms with E-state index in [9.17, 15) is 4.79 Å². The third-order valence-corrected chi connectivity index (χ3v) is 6.20. The van der Waals surface area contributed by atoms with Gasteiger partial charge in [-0.25, -0.2) is 4.98 Å². The number of thiophene rings is 1. The molecule has 7 heteroatoms. The lowest BCUT2D eigenvalue weighted by Gasteiger charge is -2.19. The van der Waals surface area contributed by atoms with Crippen molar-refractivity contribution in [2.45, 2.75) is 40.2 Å². The number of nitrogens with one attached hydrogen (secondary N) is 2. The molecule has 1 aromatic carbocycles. The zero-order valence-corrected chi connectivity index (χ0v) is 17.2. The van der Waals surface area contributed by atoms with Gasteiger partial charge in [0.2, 0.25) is 0 Å². The third kappa shape index (κ3) is 3.71. The van der Waals surface area contributed by atoms with Gasteiger partial charge in [0.25, 0.3) is 5.56 Å². The van der Waals surface area contributed by atoms with Crippen LogP contribution < -0.4 is 20.3 Å². The fraction of sp³-hybridized carbons (Fsp3) is 0.429. The van der Waals surface area contributed by atoms with Gasteiger partial charge in [-0.05, 0) is 37.0 Å². The number of H-pyrrole nitrogens is 1. The Morgan fingerprint density at radius 3 is 2.86 bits per heavy atom. The fourth-order valence-electron chi connectivity index (χ4n) is 3.38. The highest BCUT2D eigenvalue weighted by Crippen LogP contribution is 2.33. The maximum Gasteiger partial charge on any atom is 0.259 e. The minimum absolute atomic E-state index is 0.0494. The van der Waals surface area contributed by atoms with Gasteiger partial charge in [0.1, 0.15) is 23.9 Å². The molecule has 1 aliphatic rings. The lowest BCUT2D eigenvalue weighted by Crippen LogP contribution is -2.16. The predicted molar refractivity (Wildman–Crippen MR) is 113 cm³/mol. The molecule has 3 aromatic rings. The van der Waals surface area contributed by atoms with Crippen LogP contribution in [0.4, 0.5) is 5.69 Å². The maximum atomic E-state index is 12.8. The lowest BCUT2D eigenvalue weighted by molar-refractivity contribution is 0.171. The van der Waals surface area contributed by atoms with Gasteiger partial charge >= 0.3 is 0 Å². The van der Waals surface area contributed by atoms with Crippen molar-refractivity contribution in [3.8, 4) is 11.5 Å². The van der Waals surface area contributed by atoms with E-state index in [0.29, 0.717) is 31.5 Å². The Balaban J connectivity index is 1.56. The summed E-state index contributed by atoms with van der Waals surface area (Å²) in [5, 5.41) is 4.06. The number of rotatable bonds is 6. The number of aromatic nitrogens is 2. The van der Waals surface area contributed by atoms with Crippen LogP contribution in [0.25, 0.3) is 10.2 Å². The van der Waals surface area contributed by atoms with Gasteiger partial charge in [-0.1, -0.05) is 20.3 Å². The molecular formula is C21H25N3O3S. The van der Waals surface area contributed by atoms with Crippen LogP contribution in [0, 0.1) is 12.8 Å². The van der Waals surface area contributed by atoms with E-state index in [1.165, 1.54) is 4.88 Å². The maximum absolute atomic E-state index is 12.8. The average Bonchev–Trinajstić information content (AvgIpc) is 3.01. The van der Waals surface area contributed by atoms with Gasteiger partial charge < -0.3 is 19.8 Å². The molecule has 1 atom stereocenters. The van der Waals surface area contributed by atoms with Gasteiger partial charge in [0.15, 0.2) is 11.5 Å². The summed E-state index contributed by atoms with van der Waals surface area (Å²) in [6.45, 7) is 8.04. The summed E-state index contributed by atoms with van der Waals surface area (Å²) in [5.74, 6) is 2.67. The number of nitrogens with zero attached hydrogens (tertiary/aromatic N) is 1. The van der Waals surface area contributed by atoms with Crippen molar-refractivity contribution in [3.05, 3.63) is 44.8 Å². The Kier molecular flexibility index (Phi) is 5.26. The molecule has 0 aliphatic carbocycles. The minimum atomic E-state index is -0.0494. The van der Waals surface area contributed by atoms with Crippen molar-refractivity contribution in [2.24, 2.45) is 5.92 Å². The van der Waals surface area contributed by atoms with Crippen molar-refractivity contribution < 1.29 is 9.47 Å². The first kappa shape index (κ1) is 18.8. The average molecular weight is 400 g/mol. The smallest absolute Gasteiger partial charge is 0.259 e. The Morgan fingerprint density at radius 1 is 1.29 bits per heavy atom. The van der Waals surface area contributed by atoms with E-state index in [4.69, 9.17) is 14.5 Å². The highest BCUT2D eigenvalue weighted by Gasteiger charge is 2.17. The van der Waals surface area contributed by atoms with Crippen LogP contribution in [0.1, 0.15) is 36.5 Å². The molecule has 0 amide bonds. The van der Waals surface area contributed by atoms with E-state index in [1.807, 2.05) is 18.2 Å². The molecule has 0 unspecified atom stereocenters. The second-order valence-electron chi connectivity index (χ2n) is 7.26. The number of benzene rings is 1. The second-order valence-corrected chi connectivity index (χ2v) is 8.46. The van der Waals surface area contributed by atoms with E-state index in [2.05, 4.69) is 31.1 Å². The topological polar surface area (TPSA) is 76.2 Å². The van der Waals surface area contributed by atoms with E-state index >= 15 is 0 Å². The number of aryl methyl sites for hydroxylation is 1. The van der Waals surface area contributed by atoms with Crippen LogP contribution >= 0.6 is 11.3 Å². The van der Waals surface area contributed by atoms with Crippen molar-refractivity contribution >= 4 is 27.2 Å². The molecule has 1 aliphatic heterocycles. The number of aromatic amines is 1. The van der Waals surface area contributed by atoms with Crippen LogP contribution in [0.15, 0.2) is 23.0 Å². The summed E-state index contributed by atoms with van der Waals surface area (Å²) < 4.78 is 11.2. The number of ether oxygens (including phenoxy) is 2. The van der Waals surface area contributed by atoms with Crippen LogP contribution in [0.5, 0.6) is 11.5 Å². The first-order valence-electron chi connectivity index (χ1n) is 9.69. The van der Waals surface area contributed by atoms with Gasteiger partial charge in [0.05, 0.1) is 11.9 Å². The molecule has 4 rings (SSSR count). The van der Waals surface area contributed by atoms with E-state index in [-0.39, 0.29) is 5.56 Å². The van der Waals surface area contributed by atoms with Crippen molar-refractivity contribution in [1.29, 1.82) is 0 Å². The molecule has 2 N–H and O–H groups in total. The molecule has 148 valence electrons. The van der Waals surface area contributed by atoms with Crippen LogP contribution in [-0.4, -0.2) is 23.2 Å². The number of fused-ring (bicyclic) bond motifs is 2. The van der Waals surface area contributed by atoms with Crippen LogP contribution in [0.2, 0.25) is 0 Å². The molecule has 2 aromatic heterocycles. The minimum Gasteiger partial charge on any atom is -0.486 e. The normalized spacial score (nSPS) is 14.2. The highest BCUT2D eigenvalue weighted by atomic mass is 32.1. The number of hydrogen-bond donors (Lipinski definition) is 2. The second kappa shape index (κ2) is 7.83. The lowest BCUT2D eigenvalue weighted by atomic mass is 9.98. The Morgan fingerprint density at radius 2 is 2.07 bits per heavy atom. The molecule has 28 heavy (non-hydrogen) atoms. The first-order chi connectivity index (χ1) is 13.5. The SMILES string of the molecule is CC[C@@H](C)Cc1c(C)sc2nc(CNc3ccc4c(c3)OCCO4)[nH]c(=O)c12. The summed E-state index contributed by atoms with van der Waals surface area (Å²) in [6.07, 6.45) is 2.02. The van der Waals surface area contributed by atoms with Crippen LogP contribution in [-0.2, 0) is 13.0 Å². The van der Waals surface area contributed by atoms with Crippen molar-refractivity contribution in [1.82, 2.24) is 9.97 Å². The molecule has 6 nitrogen and oxygen atoms in total. The molecule has 0 saturated heterocycles. The van der Waals surface area contributed by atoms with Gasteiger partial charge in [-0.15, -0.1) is 11.3 Å². The van der Waals surface area contributed by atoms with Crippen LogP contribution in [0.3, 0.4) is 0 Å². The Hall–Kier alpha value is -2.54. The molecule has 0 bridgehead atoms. The van der Waals surface area contributed by atoms with Gasteiger partial charge in [-0.3, -0.25) is 4.79 Å². The standard InChI is InChI=1S/C21H25N3O3S/c1-4-12(2)9-15-13(3)28-21-19(15)20(25)23-18(24-21)11-22-14-5-6-16-17(10-14)27-8-7-26-16/h5-6,10,12,22H,4,7-9,11H2,1-3H3,(H,23,24,25)/t12-/m1/s1. The molecule has 0 saturated carbocycles. The predicted octanol–water partition coefficient (Wildman–Crippen LogP) is 4.26. The summed E-state index contributed by atoms with van der Waals surface area (Å²) in [7, 11) is 0. The Bertz CT molecular complexity index is 1060. The van der Waals surface area contributed by atoms with Crippen molar-refractivity contribution in [3.63, 3.8) is 0 Å². The Labute approximate surface area is 167 Å². The summed E-state index contributed by atoms with van der Waals surface area (Å²) >= 11 is 1.60. The molecule has 3 heterocycles. The summed E-state index contributed by atoms with van der Waals surface area (Å²) in [4.78, 5) is 22.4. The van der Waals surface area contributed by atoms with E-state index in [0.717, 1.165) is 45.8 Å². The first-order valence-corrected chi connectivity index (χ1v) is 10.5. The zero-order chi connectivity index (χ0) is 19.7. The summed E-state index contributed by atoms with van der Waals surface area (Å²) in [5.41, 5.74) is 1.99. The molecule has 0 radical (unpaired) electrons. The highest BCUT2D eigenvalue weighted by molar-refractivity contribution is 7.18. The molecular weight excluding hydrogens is 374 g/mol.